The van der Waals surface area contributed by atoms with Gasteiger partial charge in [0.05, 0.1) is 10.7 Å². The number of halogens is 2. The van der Waals surface area contributed by atoms with Gasteiger partial charge in [-0.15, -0.1) is 11.8 Å². The minimum absolute atomic E-state index is 0.0176. The first-order valence-electron chi connectivity index (χ1n) is 11.1. The lowest BCUT2D eigenvalue weighted by Gasteiger charge is -2.39. The summed E-state index contributed by atoms with van der Waals surface area (Å²) < 4.78 is 19.5. The molecule has 5 rings (SSSR count). The van der Waals surface area contributed by atoms with Crippen molar-refractivity contribution in [3.63, 3.8) is 0 Å². The smallest absolute Gasteiger partial charge is 0.242 e. The molecule has 1 aliphatic rings. The first-order valence-corrected chi connectivity index (χ1v) is 13.3. The molecule has 1 saturated heterocycles. The van der Waals surface area contributed by atoms with E-state index in [9.17, 15) is 14.0 Å². The summed E-state index contributed by atoms with van der Waals surface area (Å²) in [7, 11) is 0. The number of nitrogens with one attached hydrogen (secondary N) is 1. The number of ether oxygens (including phenoxy) is 1. The van der Waals surface area contributed by atoms with Crippen LogP contribution in [-0.4, -0.2) is 21.9 Å². The van der Waals surface area contributed by atoms with E-state index in [2.05, 4.69) is 10.3 Å². The third-order valence-corrected chi connectivity index (χ3v) is 8.36. The number of thioether (sulfide) groups is 1. The lowest BCUT2D eigenvalue weighted by Crippen LogP contribution is -2.58. The molecule has 0 bridgehead atoms. The third kappa shape index (κ3) is 4.76. The number of ketones is 1. The van der Waals surface area contributed by atoms with Crippen molar-refractivity contribution in [3.05, 3.63) is 105 Å². The van der Waals surface area contributed by atoms with Crippen molar-refractivity contribution in [2.45, 2.75) is 29.0 Å². The van der Waals surface area contributed by atoms with Gasteiger partial charge in [-0.25, -0.2) is 9.37 Å². The van der Waals surface area contributed by atoms with Crippen LogP contribution in [0.4, 0.5) is 4.39 Å². The molecule has 1 fully saturated rings. The fourth-order valence-electron chi connectivity index (χ4n) is 4.10. The Bertz CT molecular complexity index is 1430. The van der Waals surface area contributed by atoms with Crippen molar-refractivity contribution in [3.8, 4) is 11.6 Å². The molecule has 4 aromatic rings. The monoisotopic (exact) mass is 538 g/mol. The molecular formula is C27H20ClFN2O3S2. The molecule has 1 aliphatic heterocycles. The Kier molecular flexibility index (Phi) is 6.83. The van der Waals surface area contributed by atoms with Crippen molar-refractivity contribution in [1.29, 1.82) is 0 Å². The van der Waals surface area contributed by atoms with Crippen LogP contribution in [0, 0.1) is 12.7 Å². The first-order chi connectivity index (χ1) is 17.4. The van der Waals surface area contributed by atoms with Gasteiger partial charge in [0.15, 0.2) is 5.78 Å². The second kappa shape index (κ2) is 10.0. The van der Waals surface area contributed by atoms with Crippen molar-refractivity contribution >= 4 is 46.4 Å². The molecule has 3 heterocycles. The highest BCUT2D eigenvalue weighted by Crippen LogP contribution is 2.41. The van der Waals surface area contributed by atoms with Crippen LogP contribution in [0.3, 0.4) is 0 Å². The van der Waals surface area contributed by atoms with Crippen LogP contribution in [0.2, 0.25) is 5.02 Å². The number of carbonyl (C=O) groups is 2. The number of nitrogens with zero attached hydrogens (tertiary/aromatic N) is 1. The van der Waals surface area contributed by atoms with Gasteiger partial charge in [-0.1, -0.05) is 29.8 Å². The standard InChI is InChI=1S/C27H20ClFN2O3S2/c1-16-13-18(9-10-20(16)29)34-24-8-4-7-23(30-24)27(17-11-12-35-15-17)14-21(32)25(26(33)31-27)36-22-6-3-2-5-19(22)28/h2-13,15,25H,14H2,1H3,(H,31,33). The number of hydrogen-bond acceptors (Lipinski definition) is 6. The first kappa shape index (κ1) is 24.5. The van der Waals surface area contributed by atoms with E-state index < -0.39 is 16.7 Å². The summed E-state index contributed by atoms with van der Waals surface area (Å²) in [6, 6.07) is 18.6. The second-order valence-electron chi connectivity index (χ2n) is 8.35. The highest BCUT2D eigenvalue weighted by molar-refractivity contribution is 8.01. The maximum atomic E-state index is 13.7. The molecule has 5 nitrogen and oxygen atoms in total. The van der Waals surface area contributed by atoms with Crippen LogP contribution in [0.1, 0.15) is 23.2 Å². The van der Waals surface area contributed by atoms with Crippen LogP contribution in [-0.2, 0) is 15.1 Å². The number of amides is 1. The summed E-state index contributed by atoms with van der Waals surface area (Å²) in [6.07, 6.45) is 0.0176. The fraction of sp³-hybridized carbons (Fsp3) is 0.148. The Morgan fingerprint density at radius 1 is 1.14 bits per heavy atom. The van der Waals surface area contributed by atoms with Gasteiger partial charge in [0.2, 0.25) is 11.8 Å². The number of piperidine rings is 1. The molecule has 9 heteroatoms. The zero-order valence-electron chi connectivity index (χ0n) is 19.0. The van der Waals surface area contributed by atoms with Crippen LogP contribution < -0.4 is 10.1 Å². The molecule has 0 aliphatic carbocycles. The highest BCUT2D eigenvalue weighted by Gasteiger charge is 2.48. The zero-order chi connectivity index (χ0) is 25.3. The summed E-state index contributed by atoms with van der Waals surface area (Å²) in [5, 5.41) is 6.43. The average Bonchev–Trinajstić information content (AvgIpc) is 3.41. The fourth-order valence-corrected chi connectivity index (χ4v) is 6.07. The molecule has 0 radical (unpaired) electrons. The third-order valence-electron chi connectivity index (χ3n) is 5.91. The van der Waals surface area contributed by atoms with Gasteiger partial charge in [0.25, 0.3) is 0 Å². The Morgan fingerprint density at radius 3 is 2.69 bits per heavy atom. The van der Waals surface area contributed by atoms with E-state index in [1.165, 1.54) is 23.5 Å². The van der Waals surface area contributed by atoms with Gasteiger partial charge in [0, 0.05) is 17.4 Å². The van der Waals surface area contributed by atoms with Crippen molar-refractivity contribution in [2.75, 3.05) is 0 Å². The van der Waals surface area contributed by atoms with Gasteiger partial charge in [0.1, 0.15) is 22.4 Å². The molecule has 1 amide bonds. The van der Waals surface area contributed by atoms with Crippen LogP contribution in [0.25, 0.3) is 0 Å². The van der Waals surface area contributed by atoms with E-state index in [1.54, 1.807) is 49.4 Å². The summed E-state index contributed by atoms with van der Waals surface area (Å²) in [4.78, 5) is 32.1. The van der Waals surface area contributed by atoms with Crippen LogP contribution in [0.15, 0.2) is 82.4 Å². The molecule has 0 spiro atoms. The number of hydrogen-bond donors (Lipinski definition) is 1. The molecule has 182 valence electrons. The van der Waals surface area contributed by atoms with Gasteiger partial charge < -0.3 is 10.1 Å². The predicted octanol–water partition coefficient (Wildman–Crippen LogP) is 6.53. The summed E-state index contributed by atoms with van der Waals surface area (Å²) in [5.41, 5.74) is 0.535. The van der Waals surface area contributed by atoms with Crippen LogP contribution in [0.5, 0.6) is 11.6 Å². The van der Waals surface area contributed by atoms with E-state index >= 15 is 0 Å². The number of benzene rings is 2. The molecule has 36 heavy (non-hydrogen) atoms. The second-order valence-corrected chi connectivity index (χ2v) is 10.7. The van der Waals surface area contributed by atoms with E-state index in [1.807, 2.05) is 22.9 Å². The quantitative estimate of drug-likeness (QED) is 0.283. The average molecular weight is 539 g/mol. The van der Waals surface area contributed by atoms with E-state index in [4.69, 9.17) is 16.3 Å². The van der Waals surface area contributed by atoms with E-state index in [0.717, 1.165) is 17.3 Å². The lowest BCUT2D eigenvalue weighted by atomic mass is 9.79. The maximum Gasteiger partial charge on any atom is 0.242 e. The van der Waals surface area contributed by atoms with Gasteiger partial charge in [-0.05, 0) is 71.3 Å². The molecule has 0 saturated carbocycles. The largest absolute Gasteiger partial charge is 0.439 e. The zero-order valence-corrected chi connectivity index (χ0v) is 21.4. The predicted molar refractivity (Wildman–Crippen MR) is 139 cm³/mol. The number of thiophene rings is 1. The number of Topliss-reactive ketones (excluding diaryl/α,β-unsaturated/α-hetero) is 1. The maximum absolute atomic E-state index is 13.7. The van der Waals surface area contributed by atoms with E-state index in [0.29, 0.717) is 26.9 Å². The van der Waals surface area contributed by atoms with E-state index in [-0.39, 0.29) is 23.9 Å². The molecule has 2 atom stereocenters. The van der Waals surface area contributed by atoms with Crippen molar-refractivity contribution in [2.24, 2.45) is 0 Å². The number of aryl methyl sites for hydroxylation is 1. The molecule has 1 N–H and O–H groups in total. The Hall–Kier alpha value is -3.20. The van der Waals surface area contributed by atoms with Gasteiger partial charge >= 0.3 is 0 Å². The highest BCUT2D eigenvalue weighted by atomic mass is 35.5. The summed E-state index contributed by atoms with van der Waals surface area (Å²) >= 11 is 8.87. The lowest BCUT2D eigenvalue weighted by molar-refractivity contribution is -0.133. The Balaban J connectivity index is 1.48. The summed E-state index contributed by atoms with van der Waals surface area (Å²) in [6.45, 7) is 1.65. The Labute approximate surface area is 220 Å². The SMILES string of the molecule is Cc1cc(Oc2cccc(C3(c4ccsc4)CC(=O)C(Sc4ccccc4Cl)C(=O)N3)n2)ccc1F. The molecule has 2 aromatic heterocycles. The summed E-state index contributed by atoms with van der Waals surface area (Å²) in [5.74, 6) is -0.264. The van der Waals surface area contributed by atoms with Crippen LogP contribution >= 0.6 is 34.7 Å². The van der Waals surface area contributed by atoms with Crippen molar-refractivity contribution < 1.29 is 18.7 Å². The molecular weight excluding hydrogens is 519 g/mol. The molecule has 2 aromatic carbocycles. The minimum atomic E-state index is -1.15. The minimum Gasteiger partial charge on any atom is -0.439 e. The number of rotatable bonds is 6. The van der Waals surface area contributed by atoms with Gasteiger partial charge in [-0.2, -0.15) is 11.3 Å². The molecule has 2 unspecified atom stereocenters. The van der Waals surface area contributed by atoms with Gasteiger partial charge in [-0.3, -0.25) is 9.59 Å². The topological polar surface area (TPSA) is 68.3 Å². The number of pyridine rings is 1. The number of aromatic nitrogens is 1. The van der Waals surface area contributed by atoms with Crippen molar-refractivity contribution in [1.82, 2.24) is 10.3 Å². The Morgan fingerprint density at radius 2 is 1.97 bits per heavy atom. The normalized spacial score (nSPS) is 19.7. The number of carbonyl (C=O) groups excluding carboxylic acids is 2.